The van der Waals surface area contributed by atoms with Crippen molar-refractivity contribution in [2.24, 2.45) is 0 Å². The van der Waals surface area contributed by atoms with Gasteiger partial charge in [-0.3, -0.25) is 4.79 Å². The van der Waals surface area contributed by atoms with Gasteiger partial charge in [-0.25, -0.2) is 4.79 Å². The molecule has 2 N–H and O–H groups in total. The molecule has 1 atom stereocenters. The molecular weight excluding hydrogens is 322 g/mol. The second-order valence-electron chi connectivity index (χ2n) is 5.13. The van der Waals surface area contributed by atoms with Gasteiger partial charge in [-0.2, -0.15) is 0 Å². The van der Waals surface area contributed by atoms with Gasteiger partial charge >= 0.3 is 5.97 Å². The maximum Gasteiger partial charge on any atom is 0.329 e. The number of ether oxygens (including phenoxy) is 5. The number of aliphatic carboxylic acids is 1. The van der Waals surface area contributed by atoms with Crippen LogP contribution in [0.1, 0.15) is 19.3 Å². The Kier molecular flexibility index (Phi) is 12.2. The minimum Gasteiger partial charge on any atom is -0.480 e. The molecule has 0 spiro atoms. The Morgan fingerprint density at radius 3 is 2.46 bits per heavy atom. The Morgan fingerprint density at radius 1 is 1.00 bits per heavy atom. The first-order chi connectivity index (χ1) is 11.7. The van der Waals surface area contributed by atoms with Crippen molar-refractivity contribution in [3.05, 3.63) is 0 Å². The molecule has 140 valence electrons. The summed E-state index contributed by atoms with van der Waals surface area (Å²) in [6.45, 7) is 2.53. The minimum atomic E-state index is -1.11. The molecule has 0 bridgehead atoms. The molecule has 0 radical (unpaired) electrons. The van der Waals surface area contributed by atoms with E-state index >= 15 is 0 Å². The van der Waals surface area contributed by atoms with Crippen LogP contribution in [0.25, 0.3) is 0 Å². The fourth-order valence-electron chi connectivity index (χ4n) is 1.95. The molecular formula is C15H27NO8. The highest BCUT2D eigenvalue weighted by atomic mass is 16.7. The lowest BCUT2D eigenvalue weighted by atomic mass is 10.2. The lowest BCUT2D eigenvalue weighted by Crippen LogP contribution is -2.31. The maximum atomic E-state index is 11.2. The Labute approximate surface area is 141 Å². The smallest absolute Gasteiger partial charge is 0.329 e. The predicted octanol–water partition coefficient (Wildman–Crippen LogP) is -0.220. The van der Waals surface area contributed by atoms with Gasteiger partial charge < -0.3 is 34.1 Å². The molecule has 1 amide bonds. The molecule has 0 saturated carbocycles. The minimum absolute atomic E-state index is 0.0957. The van der Waals surface area contributed by atoms with Crippen molar-refractivity contribution in [3.8, 4) is 0 Å². The highest BCUT2D eigenvalue weighted by Crippen LogP contribution is 2.13. The van der Waals surface area contributed by atoms with E-state index in [1.54, 1.807) is 0 Å². The summed E-state index contributed by atoms with van der Waals surface area (Å²) in [4.78, 5) is 21.4. The van der Waals surface area contributed by atoms with E-state index in [2.05, 4.69) is 10.1 Å². The number of carbonyl (C=O) groups is 2. The molecule has 0 aromatic carbocycles. The summed E-state index contributed by atoms with van der Waals surface area (Å²) in [5, 5.41) is 10.9. The number of nitrogens with one attached hydrogen (secondary N) is 1. The summed E-state index contributed by atoms with van der Waals surface area (Å²) in [6.07, 6.45) is 3.09. The summed E-state index contributed by atoms with van der Waals surface area (Å²) in [6, 6.07) is 0. The SMILES string of the molecule is O=C(O)COCC(=O)NCCOCCOCCOC1CCCCO1. The lowest BCUT2D eigenvalue weighted by Gasteiger charge is -2.22. The van der Waals surface area contributed by atoms with E-state index < -0.39 is 12.6 Å². The van der Waals surface area contributed by atoms with Crippen LogP contribution in [0.5, 0.6) is 0 Å². The van der Waals surface area contributed by atoms with Gasteiger partial charge in [0.25, 0.3) is 0 Å². The second-order valence-corrected chi connectivity index (χ2v) is 5.13. The van der Waals surface area contributed by atoms with Gasteiger partial charge in [0, 0.05) is 13.2 Å². The number of hydrogen-bond donors (Lipinski definition) is 2. The molecule has 24 heavy (non-hydrogen) atoms. The van der Waals surface area contributed by atoms with Gasteiger partial charge in [0.2, 0.25) is 5.91 Å². The summed E-state index contributed by atoms with van der Waals surface area (Å²) in [5.41, 5.74) is 0. The molecule has 1 aliphatic heterocycles. The normalized spacial score (nSPS) is 17.6. The van der Waals surface area contributed by atoms with Crippen molar-refractivity contribution in [3.63, 3.8) is 0 Å². The average Bonchev–Trinajstić information content (AvgIpc) is 2.57. The van der Waals surface area contributed by atoms with Crippen molar-refractivity contribution in [1.29, 1.82) is 0 Å². The zero-order valence-electron chi connectivity index (χ0n) is 13.9. The third-order valence-corrected chi connectivity index (χ3v) is 3.07. The molecule has 9 heteroatoms. The summed E-state index contributed by atoms with van der Waals surface area (Å²) >= 11 is 0. The quantitative estimate of drug-likeness (QED) is 0.414. The average molecular weight is 349 g/mol. The molecule has 1 fully saturated rings. The van der Waals surface area contributed by atoms with Gasteiger partial charge in [-0.1, -0.05) is 0 Å². The van der Waals surface area contributed by atoms with Gasteiger partial charge in [0.1, 0.15) is 13.2 Å². The van der Waals surface area contributed by atoms with E-state index in [0.717, 1.165) is 25.9 Å². The van der Waals surface area contributed by atoms with E-state index in [1.807, 2.05) is 0 Å². The monoisotopic (exact) mass is 349 g/mol. The fraction of sp³-hybridized carbons (Fsp3) is 0.867. The zero-order valence-corrected chi connectivity index (χ0v) is 13.9. The highest BCUT2D eigenvalue weighted by molar-refractivity contribution is 5.77. The van der Waals surface area contributed by atoms with Gasteiger partial charge in [-0.15, -0.1) is 0 Å². The summed E-state index contributed by atoms with van der Waals surface area (Å²) in [5.74, 6) is -1.49. The van der Waals surface area contributed by atoms with Crippen LogP contribution < -0.4 is 5.32 Å². The van der Waals surface area contributed by atoms with Crippen molar-refractivity contribution in [2.45, 2.75) is 25.6 Å². The standard InChI is InChI=1S/C15H27NO8/c17-13(11-22-12-14(18)19)16-4-6-20-7-8-21-9-10-24-15-3-1-2-5-23-15/h15H,1-12H2,(H,16,17)(H,18,19). The number of hydrogen-bond acceptors (Lipinski definition) is 7. The first-order valence-corrected chi connectivity index (χ1v) is 8.13. The number of carboxylic acids is 1. The van der Waals surface area contributed by atoms with E-state index in [4.69, 9.17) is 24.1 Å². The zero-order chi connectivity index (χ0) is 17.5. The third kappa shape index (κ3) is 12.2. The molecule has 0 aliphatic carbocycles. The molecule has 1 unspecified atom stereocenters. The van der Waals surface area contributed by atoms with E-state index in [9.17, 15) is 9.59 Å². The van der Waals surface area contributed by atoms with Crippen molar-refractivity contribution in [2.75, 3.05) is 59.4 Å². The highest BCUT2D eigenvalue weighted by Gasteiger charge is 2.13. The second kappa shape index (κ2) is 14.1. The van der Waals surface area contributed by atoms with Crippen LogP contribution in [0, 0.1) is 0 Å². The first kappa shape index (κ1) is 20.8. The number of amides is 1. The Morgan fingerprint density at radius 2 is 1.75 bits per heavy atom. The molecule has 0 aromatic heterocycles. The van der Waals surface area contributed by atoms with Crippen molar-refractivity contribution in [1.82, 2.24) is 5.32 Å². The fourth-order valence-corrected chi connectivity index (χ4v) is 1.95. The third-order valence-electron chi connectivity index (χ3n) is 3.07. The Bertz CT molecular complexity index is 346. The number of rotatable bonds is 14. The van der Waals surface area contributed by atoms with Crippen LogP contribution >= 0.6 is 0 Å². The predicted molar refractivity (Wildman–Crippen MR) is 82.6 cm³/mol. The number of carbonyl (C=O) groups excluding carboxylic acids is 1. The Balaban J connectivity index is 1.77. The molecule has 1 heterocycles. The van der Waals surface area contributed by atoms with Gasteiger partial charge in [0.05, 0.1) is 33.0 Å². The van der Waals surface area contributed by atoms with Crippen LogP contribution in [0.4, 0.5) is 0 Å². The lowest BCUT2D eigenvalue weighted by molar-refractivity contribution is -0.169. The molecule has 0 aromatic rings. The van der Waals surface area contributed by atoms with Crippen LogP contribution in [0.2, 0.25) is 0 Å². The van der Waals surface area contributed by atoms with Crippen LogP contribution in [0.3, 0.4) is 0 Å². The molecule has 1 rings (SSSR count). The maximum absolute atomic E-state index is 11.2. The van der Waals surface area contributed by atoms with Crippen molar-refractivity contribution < 1.29 is 38.4 Å². The van der Waals surface area contributed by atoms with E-state index in [0.29, 0.717) is 39.6 Å². The summed E-state index contributed by atoms with van der Waals surface area (Å²) < 4.78 is 26.2. The van der Waals surface area contributed by atoms with Crippen LogP contribution in [0.15, 0.2) is 0 Å². The van der Waals surface area contributed by atoms with Gasteiger partial charge in [0.15, 0.2) is 6.29 Å². The first-order valence-electron chi connectivity index (χ1n) is 8.13. The van der Waals surface area contributed by atoms with Crippen LogP contribution in [-0.2, 0) is 33.3 Å². The largest absolute Gasteiger partial charge is 0.480 e. The van der Waals surface area contributed by atoms with Gasteiger partial charge in [-0.05, 0) is 19.3 Å². The number of carboxylic acid groups (broad SMARTS) is 1. The van der Waals surface area contributed by atoms with Crippen LogP contribution in [-0.4, -0.2) is 82.7 Å². The topological polar surface area (TPSA) is 113 Å². The van der Waals surface area contributed by atoms with E-state index in [-0.39, 0.29) is 18.8 Å². The molecule has 1 saturated heterocycles. The molecule has 9 nitrogen and oxygen atoms in total. The van der Waals surface area contributed by atoms with Crippen molar-refractivity contribution >= 4 is 11.9 Å². The Hall–Kier alpha value is -1.26. The van der Waals surface area contributed by atoms with E-state index in [1.165, 1.54) is 0 Å². The summed E-state index contributed by atoms with van der Waals surface area (Å²) in [7, 11) is 0. The molecule has 1 aliphatic rings.